The number of carbonyl (C=O) groups excluding carboxylic acids is 1. The lowest BCUT2D eigenvalue weighted by Crippen LogP contribution is -2.33. The van der Waals surface area contributed by atoms with Crippen LogP contribution in [0.15, 0.2) is 59.4 Å². The predicted molar refractivity (Wildman–Crippen MR) is 114 cm³/mol. The number of Topliss-reactive ketones (excluding diaryl/α,β-unsaturated/α-hetero) is 1. The molecule has 0 aliphatic carbocycles. The number of hydrogen-bond donors (Lipinski definition) is 0. The molecule has 1 heterocycles. The van der Waals surface area contributed by atoms with Crippen molar-refractivity contribution >= 4 is 5.78 Å². The normalized spacial score (nSPS) is 11.9. The Morgan fingerprint density at radius 2 is 1.79 bits per heavy atom. The second-order valence-electron chi connectivity index (χ2n) is 7.39. The van der Waals surface area contributed by atoms with Crippen LogP contribution in [0, 0.1) is 13.8 Å². The Kier molecular flexibility index (Phi) is 6.27. The maximum absolute atomic E-state index is 13.0. The number of ketones is 1. The summed E-state index contributed by atoms with van der Waals surface area (Å²) in [4.78, 5) is 25.8. The van der Waals surface area contributed by atoms with Crippen LogP contribution < -0.4 is 10.3 Å². The van der Waals surface area contributed by atoms with Crippen LogP contribution in [0.1, 0.15) is 40.9 Å². The number of aryl methyl sites for hydroxylation is 2. The Morgan fingerprint density at radius 3 is 2.48 bits per heavy atom. The molecule has 0 N–H and O–H groups in total. The summed E-state index contributed by atoms with van der Waals surface area (Å²) in [6.07, 6.45) is 0.729. The Hall–Kier alpha value is -3.21. The molecule has 0 saturated carbocycles. The van der Waals surface area contributed by atoms with Crippen molar-refractivity contribution in [3.05, 3.63) is 92.9 Å². The van der Waals surface area contributed by atoms with Gasteiger partial charge < -0.3 is 4.74 Å². The first-order valence-corrected chi connectivity index (χ1v) is 9.68. The molecule has 0 aliphatic heterocycles. The molecule has 0 saturated heterocycles. The van der Waals surface area contributed by atoms with Crippen molar-refractivity contribution in [3.63, 3.8) is 0 Å². The van der Waals surface area contributed by atoms with Gasteiger partial charge in [-0.3, -0.25) is 9.59 Å². The average Bonchev–Trinajstić information content (AvgIpc) is 2.71. The Morgan fingerprint density at radius 1 is 1.07 bits per heavy atom. The van der Waals surface area contributed by atoms with E-state index < -0.39 is 6.04 Å². The minimum absolute atomic E-state index is 0.0404. The predicted octanol–water partition coefficient (Wildman–Crippen LogP) is 3.83. The van der Waals surface area contributed by atoms with Crippen molar-refractivity contribution in [2.45, 2.75) is 39.7 Å². The average molecular weight is 390 g/mol. The zero-order valence-electron chi connectivity index (χ0n) is 17.3. The Labute approximate surface area is 171 Å². The van der Waals surface area contributed by atoms with E-state index in [2.05, 4.69) is 5.10 Å². The van der Waals surface area contributed by atoms with Crippen molar-refractivity contribution < 1.29 is 9.53 Å². The van der Waals surface area contributed by atoms with Gasteiger partial charge >= 0.3 is 0 Å². The fourth-order valence-electron chi connectivity index (χ4n) is 3.29. The van der Waals surface area contributed by atoms with Gasteiger partial charge in [-0.2, -0.15) is 5.10 Å². The summed E-state index contributed by atoms with van der Waals surface area (Å²) in [6.45, 7) is 5.58. The summed E-state index contributed by atoms with van der Waals surface area (Å²) in [5.74, 6) is 0.705. The molecule has 3 aromatic rings. The molecular weight excluding hydrogens is 364 g/mol. The second kappa shape index (κ2) is 8.86. The number of benzene rings is 2. The standard InChI is InChI=1S/C24H26N2O3/c1-16-8-10-19(11-9-16)15-23(27)18(3)26-24(28)21(12-17(2)25-26)13-20-6-5-7-22(14-20)29-4/h5-12,14,18H,13,15H2,1-4H3/t18-/m1/s1. The number of nitrogens with zero attached hydrogens (tertiary/aromatic N) is 2. The quantitative estimate of drug-likeness (QED) is 0.615. The lowest BCUT2D eigenvalue weighted by molar-refractivity contribution is -0.121. The van der Waals surface area contributed by atoms with Crippen molar-refractivity contribution in [1.82, 2.24) is 9.78 Å². The van der Waals surface area contributed by atoms with Crippen LogP contribution >= 0.6 is 0 Å². The first-order valence-electron chi connectivity index (χ1n) is 9.68. The van der Waals surface area contributed by atoms with E-state index in [-0.39, 0.29) is 17.8 Å². The number of rotatable bonds is 7. The third kappa shape index (κ3) is 4.99. The molecule has 0 fully saturated rings. The largest absolute Gasteiger partial charge is 0.497 e. The van der Waals surface area contributed by atoms with Crippen molar-refractivity contribution in [3.8, 4) is 5.75 Å². The maximum Gasteiger partial charge on any atom is 0.270 e. The van der Waals surface area contributed by atoms with Gasteiger partial charge in [-0.25, -0.2) is 4.68 Å². The highest BCUT2D eigenvalue weighted by atomic mass is 16.5. The second-order valence-corrected chi connectivity index (χ2v) is 7.39. The van der Waals surface area contributed by atoms with Gasteiger partial charge in [0, 0.05) is 18.4 Å². The molecule has 1 aromatic heterocycles. The van der Waals surface area contributed by atoms with E-state index >= 15 is 0 Å². The molecule has 1 atom stereocenters. The summed E-state index contributed by atoms with van der Waals surface area (Å²) in [7, 11) is 1.62. The summed E-state index contributed by atoms with van der Waals surface area (Å²) in [5.41, 5.74) is 4.14. The van der Waals surface area contributed by atoms with Crippen molar-refractivity contribution in [2.75, 3.05) is 7.11 Å². The topological polar surface area (TPSA) is 61.2 Å². The van der Waals surface area contributed by atoms with E-state index in [4.69, 9.17) is 4.74 Å². The third-order valence-corrected chi connectivity index (χ3v) is 4.99. The fraction of sp³-hybridized carbons (Fsp3) is 0.292. The summed E-state index contributed by atoms with van der Waals surface area (Å²) in [5, 5.41) is 4.34. The zero-order valence-corrected chi connectivity index (χ0v) is 17.3. The van der Waals surface area contributed by atoms with Gasteiger partial charge in [-0.15, -0.1) is 0 Å². The van der Waals surface area contributed by atoms with Gasteiger partial charge in [-0.05, 0) is 50.1 Å². The number of aromatic nitrogens is 2. The van der Waals surface area contributed by atoms with E-state index in [1.165, 1.54) is 4.68 Å². The summed E-state index contributed by atoms with van der Waals surface area (Å²) < 4.78 is 6.58. The lowest BCUT2D eigenvalue weighted by Gasteiger charge is -2.15. The first kappa shape index (κ1) is 20.5. The van der Waals surface area contributed by atoms with Crippen molar-refractivity contribution in [2.24, 2.45) is 0 Å². The molecule has 5 heteroatoms. The van der Waals surface area contributed by atoms with E-state index in [0.717, 1.165) is 22.4 Å². The molecule has 0 bridgehead atoms. The van der Waals surface area contributed by atoms with Crippen LogP contribution in [0.25, 0.3) is 0 Å². The first-order chi connectivity index (χ1) is 13.9. The van der Waals surface area contributed by atoms with Crippen LogP contribution in [0.5, 0.6) is 5.75 Å². The molecule has 0 amide bonds. The van der Waals surface area contributed by atoms with E-state index in [9.17, 15) is 9.59 Å². The molecule has 0 radical (unpaired) electrons. The third-order valence-electron chi connectivity index (χ3n) is 4.99. The Balaban J connectivity index is 1.86. The van der Waals surface area contributed by atoms with E-state index in [1.807, 2.05) is 62.4 Å². The molecule has 150 valence electrons. The SMILES string of the molecule is COc1cccc(Cc2cc(C)nn([C@H](C)C(=O)Cc3ccc(C)cc3)c2=O)c1. The highest BCUT2D eigenvalue weighted by molar-refractivity contribution is 5.84. The molecule has 29 heavy (non-hydrogen) atoms. The smallest absolute Gasteiger partial charge is 0.270 e. The number of hydrogen-bond acceptors (Lipinski definition) is 4. The fourth-order valence-corrected chi connectivity index (χ4v) is 3.29. The van der Waals surface area contributed by atoms with Gasteiger partial charge in [0.2, 0.25) is 0 Å². The zero-order chi connectivity index (χ0) is 21.0. The van der Waals surface area contributed by atoms with Gasteiger partial charge in [0.25, 0.3) is 5.56 Å². The number of methoxy groups -OCH3 is 1. The number of carbonyl (C=O) groups is 1. The molecule has 0 aliphatic rings. The summed E-state index contributed by atoms with van der Waals surface area (Å²) >= 11 is 0. The molecule has 5 nitrogen and oxygen atoms in total. The molecule has 3 rings (SSSR count). The molecule has 0 spiro atoms. The highest BCUT2D eigenvalue weighted by Crippen LogP contribution is 2.16. The van der Waals surface area contributed by atoms with Gasteiger partial charge in [0.05, 0.1) is 12.8 Å². The molecule has 0 unspecified atom stereocenters. The van der Waals surface area contributed by atoms with Gasteiger partial charge in [0.15, 0.2) is 5.78 Å². The minimum Gasteiger partial charge on any atom is -0.497 e. The molecule has 2 aromatic carbocycles. The lowest BCUT2D eigenvalue weighted by atomic mass is 10.0. The molecular formula is C24H26N2O3. The van der Waals surface area contributed by atoms with Crippen LogP contribution in [0.3, 0.4) is 0 Å². The van der Waals surface area contributed by atoms with Crippen LogP contribution in [-0.4, -0.2) is 22.7 Å². The monoisotopic (exact) mass is 390 g/mol. The van der Waals surface area contributed by atoms with Crippen LogP contribution in [-0.2, 0) is 17.6 Å². The Bertz CT molecular complexity index is 1070. The number of ether oxygens (including phenoxy) is 1. The maximum atomic E-state index is 13.0. The minimum atomic E-state index is -0.632. The van der Waals surface area contributed by atoms with Crippen molar-refractivity contribution in [1.29, 1.82) is 0 Å². The van der Waals surface area contributed by atoms with Gasteiger partial charge in [-0.1, -0.05) is 42.0 Å². The van der Waals surface area contributed by atoms with Crippen LogP contribution in [0.2, 0.25) is 0 Å². The summed E-state index contributed by atoms with van der Waals surface area (Å²) in [6, 6.07) is 16.6. The van der Waals surface area contributed by atoms with E-state index in [0.29, 0.717) is 17.7 Å². The highest BCUT2D eigenvalue weighted by Gasteiger charge is 2.20. The van der Waals surface area contributed by atoms with Gasteiger partial charge in [0.1, 0.15) is 11.8 Å². The van der Waals surface area contributed by atoms with E-state index in [1.54, 1.807) is 20.1 Å². The van der Waals surface area contributed by atoms with Crippen LogP contribution in [0.4, 0.5) is 0 Å².